The minimum atomic E-state index is -3.63. The van der Waals surface area contributed by atoms with Crippen molar-refractivity contribution in [3.8, 4) is 5.69 Å². The molecule has 158 valence electrons. The Labute approximate surface area is 181 Å². The van der Waals surface area contributed by atoms with E-state index in [1.54, 1.807) is 18.4 Å². The molecule has 0 amide bonds. The number of fused-ring (bicyclic) bond motifs is 1. The predicted molar refractivity (Wildman–Crippen MR) is 124 cm³/mol. The average Bonchev–Trinajstić information content (AvgIpc) is 2.74. The zero-order valence-corrected chi connectivity index (χ0v) is 18.2. The van der Waals surface area contributed by atoms with Gasteiger partial charge in [0.1, 0.15) is 5.82 Å². The first-order valence-electron chi connectivity index (χ1n) is 10.1. The molecule has 2 heterocycles. The number of benzene rings is 2. The number of rotatable bonds is 6. The van der Waals surface area contributed by atoms with Gasteiger partial charge in [-0.1, -0.05) is 43.3 Å². The van der Waals surface area contributed by atoms with Crippen molar-refractivity contribution in [2.24, 2.45) is 0 Å². The van der Waals surface area contributed by atoms with Gasteiger partial charge in [-0.25, -0.2) is 13.4 Å². The third kappa shape index (κ3) is 4.09. The number of aryl methyl sites for hydroxylation is 1. The van der Waals surface area contributed by atoms with Crippen LogP contribution in [-0.4, -0.2) is 23.7 Å². The molecule has 0 radical (unpaired) electrons. The van der Waals surface area contributed by atoms with E-state index in [0.29, 0.717) is 23.6 Å². The Morgan fingerprint density at radius 1 is 0.968 bits per heavy atom. The van der Waals surface area contributed by atoms with Gasteiger partial charge in [-0.05, 0) is 43.7 Å². The molecule has 0 fully saturated rings. The first-order chi connectivity index (χ1) is 14.9. The molecule has 0 unspecified atom stereocenters. The molecule has 0 aliphatic rings. The van der Waals surface area contributed by atoms with E-state index in [1.807, 2.05) is 60.7 Å². The Bertz CT molecular complexity index is 1400. The Kier molecular flexibility index (Phi) is 5.61. The van der Waals surface area contributed by atoms with Crippen molar-refractivity contribution in [1.29, 1.82) is 0 Å². The highest BCUT2D eigenvalue weighted by Crippen LogP contribution is 2.28. The fourth-order valence-corrected chi connectivity index (χ4v) is 5.23. The maximum Gasteiger partial charge on any atom is 0.194 e. The molecule has 0 aliphatic carbocycles. The van der Waals surface area contributed by atoms with E-state index in [1.165, 1.54) is 12.1 Å². The lowest BCUT2D eigenvalue weighted by Crippen LogP contribution is -2.18. The summed E-state index contributed by atoms with van der Waals surface area (Å²) in [6, 6.07) is 21.9. The van der Waals surface area contributed by atoms with Crippen LogP contribution in [0.3, 0.4) is 0 Å². The first-order valence-corrected chi connectivity index (χ1v) is 11.7. The lowest BCUT2D eigenvalue weighted by atomic mass is 10.2. The van der Waals surface area contributed by atoms with Gasteiger partial charge in [-0.15, -0.1) is 0 Å². The molecule has 2 aromatic carbocycles. The Balaban J connectivity index is 2.10. The fourth-order valence-electron chi connectivity index (χ4n) is 3.62. The normalized spacial score (nSPS) is 11.5. The van der Waals surface area contributed by atoms with Gasteiger partial charge in [0.2, 0.25) is 0 Å². The van der Waals surface area contributed by atoms with E-state index in [-0.39, 0.29) is 21.5 Å². The fraction of sp³-hybridized carbons (Fsp3) is 0.167. The zero-order chi connectivity index (χ0) is 22.0. The van der Waals surface area contributed by atoms with Crippen LogP contribution in [0, 0.1) is 6.92 Å². The zero-order valence-electron chi connectivity index (χ0n) is 17.4. The highest BCUT2D eigenvalue weighted by Gasteiger charge is 2.23. The molecule has 0 saturated carbocycles. The molecule has 0 saturated heterocycles. The highest BCUT2D eigenvalue weighted by atomic mass is 32.2. The number of sulfone groups is 1. The van der Waals surface area contributed by atoms with E-state index in [0.717, 1.165) is 11.4 Å². The van der Waals surface area contributed by atoms with E-state index in [2.05, 4.69) is 10.3 Å². The Hall–Kier alpha value is -3.45. The summed E-state index contributed by atoms with van der Waals surface area (Å²) in [6.45, 7) is 3.54. The van der Waals surface area contributed by atoms with Crippen molar-refractivity contribution < 1.29 is 8.42 Å². The SMILES string of the molecule is CCCS(=O)(=O)c1cc(C)nc2c1c(=O)cc(Nc1ccccc1)n2-c1ccccc1. The smallest absolute Gasteiger partial charge is 0.194 e. The summed E-state index contributed by atoms with van der Waals surface area (Å²) in [5, 5.41) is 3.39. The van der Waals surface area contributed by atoms with E-state index in [4.69, 9.17) is 0 Å². The van der Waals surface area contributed by atoms with Gasteiger partial charge in [-0.3, -0.25) is 9.36 Å². The standard InChI is InChI=1S/C24H23N3O3S/c1-3-14-31(29,30)21-15-17(2)25-24-23(21)20(28)16-22(26-18-10-6-4-7-11-18)27(24)19-12-8-5-9-13-19/h4-13,15-16,26H,3,14H2,1-2H3. The summed E-state index contributed by atoms with van der Waals surface area (Å²) in [7, 11) is -3.63. The van der Waals surface area contributed by atoms with Crippen molar-refractivity contribution in [3.63, 3.8) is 0 Å². The molecule has 2 aromatic heterocycles. The minimum absolute atomic E-state index is 0.0274. The number of hydrogen-bond donors (Lipinski definition) is 1. The van der Waals surface area contributed by atoms with Gasteiger partial charge in [0.15, 0.2) is 20.9 Å². The second-order valence-electron chi connectivity index (χ2n) is 7.34. The topological polar surface area (TPSA) is 81.1 Å². The molecule has 1 N–H and O–H groups in total. The highest BCUT2D eigenvalue weighted by molar-refractivity contribution is 7.91. The summed E-state index contributed by atoms with van der Waals surface area (Å²) >= 11 is 0. The maximum absolute atomic E-state index is 13.2. The van der Waals surface area contributed by atoms with E-state index < -0.39 is 9.84 Å². The Morgan fingerprint density at radius 2 is 1.61 bits per heavy atom. The molecule has 0 spiro atoms. The van der Waals surface area contributed by atoms with Crippen LogP contribution in [0.25, 0.3) is 16.7 Å². The molecule has 31 heavy (non-hydrogen) atoms. The molecule has 0 bridgehead atoms. The molecule has 4 rings (SSSR count). The number of hydrogen-bond acceptors (Lipinski definition) is 5. The Morgan fingerprint density at radius 3 is 2.26 bits per heavy atom. The molecular formula is C24H23N3O3S. The van der Waals surface area contributed by atoms with Crippen LogP contribution < -0.4 is 10.7 Å². The summed E-state index contributed by atoms with van der Waals surface area (Å²) < 4.78 is 27.8. The average molecular weight is 434 g/mol. The number of nitrogens with one attached hydrogen (secondary N) is 1. The maximum atomic E-state index is 13.2. The van der Waals surface area contributed by atoms with Gasteiger partial charge in [0.05, 0.1) is 16.0 Å². The van der Waals surface area contributed by atoms with Crippen LogP contribution in [0.5, 0.6) is 0 Å². The number of anilines is 2. The van der Waals surface area contributed by atoms with Crippen LogP contribution in [0.2, 0.25) is 0 Å². The monoisotopic (exact) mass is 433 g/mol. The van der Waals surface area contributed by atoms with E-state index in [9.17, 15) is 13.2 Å². The molecule has 0 atom stereocenters. The van der Waals surface area contributed by atoms with Gasteiger partial charge in [0.25, 0.3) is 0 Å². The van der Waals surface area contributed by atoms with E-state index >= 15 is 0 Å². The van der Waals surface area contributed by atoms with Crippen molar-refractivity contribution in [2.45, 2.75) is 25.2 Å². The van der Waals surface area contributed by atoms with Crippen LogP contribution in [0.15, 0.2) is 82.5 Å². The molecular weight excluding hydrogens is 410 g/mol. The summed E-state index contributed by atoms with van der Waals surface area (Å²) in [6.07, 6.45) is 0.464. The lowest BCUT2D eigenvalue weighted by molar-refractivity contribution is 0.595. The summed E-state index contributed by atoms with van der Waals surface area (Å²) in [5.41, 5.74) is 2.03. The predicted octanol–water partition coefficient (Wildman–Crippen LogP) is 4.62. The van der Waals surface area contributed by atoms with Crippen molar-refractivity contribution in [1.82, 2.24) is 9.55 Å². The van der Waals surface area contributed by atoms with Crippen molar-refractivity contribution in [3.05, 3.63) is 88.7 Å². The number of para-hydroxylation sites is 2. The molecule has 7 heteroatoms. The van der Waals surface area contributed by atoms with Gasteiger partial charge in [0, 0.05) is 23.1 Å². The molecule has 6 nitrogen and oxygen atoms in total. The number of aromatic nitrogens is 2. The third-order valence-electron chi connectivity index (χ3n) is 4.93. The van der Waals surface area contributed by atoms with Gasteiger partial charge in [-0.2, -0.15) is 0 Å². The van der Waals surface area contributed by atoms with Gasteiger partial charge >= 0.3 is 0 Å². The molecule has 4 aromatic rings. The van der Waals surface area contributed by atoms with Crippen molar-refractivity contribution in [2.75, 3.05) is 11.1 Å². The second kappa shape index (κ2) is 8.35. The summed E-state index contributed by atoms with van der Waals surface area (Å²) in [5.74, 6) is 0.479. The summed E-state index contributed by atoms with van der Waals surface area (Å²) in [4.78, 5) is 17.8. The number of nitrogens with zero attached hydrogens (tertiary/aromatic N) is 2. The van der Waals surface area contributed by atoms with Crippen LogP contribution >= 0.6 is 0 Å². The molecule has 0 aliphatic heterocycles. The van der Waals surface area contributed by atoms with Crippen molar-refractivity contribution >= 4 is 32.4 Å². The largest absolute Gasteiger partial charge is 0.341 e. The van der Waals surface area contributed by atoms with Gasteiger partial charge < -0.3 is 5.32 Å². The lowest BCUT2D eigenvalue weighted by Gasteiger charge is -2.19. The number of pyridine rings is 2. The third-order valence-corrected chi connectivity index (χ3v) is 6.87. The van der Waals surface area contributed by atoms with Crippen LogP contribution in [0.1, 0.15) is 19.0 Å². The second-order valence-corrected chi connectivity index (χ2v) is 9.41. The van der Waals surface area contributed by atoms with Crippen LogP contribution in [0.4, 0.5) is 11.5 Å². The first kappa shape index (κ1) is 20.8. The quantitative estimate of drug-likeness (QED) is 0.480. The van der Waals surface area contributed by atoms with Crippen LogP contribution in [-0.2, 0) is 9.84 Å². The minimum Gasteiger partial charge on any atom is -0.341 e.